The van der Waals surface area contributed by atoms with Gasteiger partial charge in [-0.15, -0.1) is 0 Å². The van der Waals surface area contributed by atoms with E-state index in [4.69, 9.17) is 18.0 Å². The summed E-state index contributed by atoms with van der Waals surface area (Å²) in [6.45, 7) is 0.827. The van der Waals surface area contributed by atoms with Crippen LogP contribution in [-0.4, -0.2) is 183 Å². The van der Waals surface area contributed by atoms with Gasteiger partial charge in [0.25, 0.3) is 0 Å². The standard InChI is InChI=1S/C37H59N11O11S.Y/c1-2-3-4-9-39-37(60)43-27-7-5-26(6-8-27)18-28(36(38)59)44-31(51)21-41-29(49)19-40-30(50)20-42-32(52)22-45-10-12-46(23-33(53)54)14-16-48(25-35(57)58)17-15-47(13-11-45)24-34(55)56;/h5-8,28H,2-4,9-25H2,1H3,(H2,38,59)(H,40,50)(H,41,49)(H,42,52)(H,44,51)(H,53,54)(H,55,56)(H,57,58)(H2,39,43,60);/q;+3/p-3. The molecule has 2 rings (SSSR count). The summed E-state index contributed by atoms with van der Waals surface area (Å²) in [5.41, 5.74) is 6.94. The Morgan fingerprint density at radius 1 is 0.623 bits per heavy atom. The summed E-state index contributed by atoms with van der Waals surface area (Å²) in [4.78, 5) is 102. The van der Waals surface area contributed by atoms with Crippen molar-refractivity contribution >= 4 is 70.5 Å². The number of nitrogens with two attached hydrogens (primary N) is 1. The van der Waals surface area contributed by atoms with Crippen molar-refractivity contribution in [3.05, 3.63) is 29.8 Å². The fourth-order valence-electron chi connectivity index (χ4n) is 5.86. The first-order chi connectivity index (χ1) is 28.5. The third-order valence-corrected chi connectivity index (χ3v) is 9.34. The van der Waals surface area contributed by atoms with E-state index in [9.17, 15) is 53.7 Å². The molecule has 334 valence electrons. The second-order valence-electron chi connectivity index (χ2n) is 14.1. The normalized spacial score (nSPS) is 15.0. The number of amides is 5. The summed E-state index contributed by atoms with van der Waals surface area (Å²) >= 11 is 5.30. The van der Waals surface area contributed by atoms with E-state index in [1.54, 1.807) is 29.2 Å². The van der Waals surface area contributed by atoms with Crippen molar-refractivity contribution in [3.8, 4) is 0 Å². The van der Waals surface area contributed by atoms with E-state index in [0.717, 1.165) is 31.5 Å². The number of unbranched alkanes of at least 4 members (excludes halogenated alkanes) is 2. The number of rotatable bonds is 23. The second-order valence-corrected chi connectivity index (χ2v) is 14.5. The van der Waals surface area contributed by atoms with Gasteiger partial charge in [-0.3, -0.25) is 43.6 Å². The van der Waals surface area contributed by atoms with E-state index < -0.39 is 92.8 Å². The number of benzene rings is 1. The number of primary amides is 1. The van der Waals surface area contributed by atoms with Crippen LogP contribution in [0, 0.1) is 0 Å². The molecule has 22 nitrogen and oxygen atoms in total. The molecule has 61 heavy (non-hydrogen) atoms. The second kappa shape index (κ2) is 30.6. The molecule has 0 spiro atoms. The number of aliphatic carboxylic acids is 3. The van der Waals surface area contributed by atoms with Crippen LogP contribution in [0.15, 0.2) is 24.3 Å². The molecular weight excluding hydrogens is 895 g/mol. The maximum absolute atomic E-state index is 12.8. The van der Waals surface area contributed by atoms with Gasteiger partial charge in [0, 0.05) is 90.6 Å². The van der Waals surface area contributed by atoms with Gasteiger partial charge in [-0.05, 0) is 36.3 Å². The molecule has 1 unspecified atom stereocenters. The monoisotopic (exact) mass is 951 g/mol. The van der Waals surface area contributed by atoms with Gasteiger partial charge in [0.05, 0.1) is 44.1 Å². The summed E-state index contributed by atoms with van der Waals surface area (Å²) < 4.78 is 0. The van der Waals surface area contributed by atoms with Gasteiger partial charge in [-0.1, -0.05) is 31.9 Å². The Hall–Kier alpha value is -4.39. The van der Waals surface area contributed by atoms with Crippen molar-refractivity contribution in [1.82, 2.24) is 46.2 Å². The molecule has 0 saturated carbocycles. The minimum atomic E-state index is -1.35. The van der Waals surface area contributed by atoms with Gasteiger partial charge in [0.15, 0.2) is 5.11 Å². The molecule has 8 N–H and O–H groups in total. The molecule has 1 aromatic rings. The molecule has 1 aliphatic heterocycles. The smallest absolute Gasteiger partial charge is 0.549 e. The van der Waals surface area contributed by atoms with Crippen LogP contribution < -0.4 is 53.0 Å². The molecule has 0 aliphatic carbocycles. The van der Waals surface area contributed by atoms with Gasteiger partial charge in [-0.25, -0.2) is 0 Å². The van der Waals surface area contributed by atoms with E-state index in [1.807, 2.05) is 0 Å². The maximum Gasteiger partial charge on any atom is 3.00 e. The van der Waals surface area contributed by atoms with Crippen LogP contribution in [-0.2, 0) is 77.5 Å². The quantitative estimate of drug-likeness (QED) is 0.0396. The summed E-state index contributed by atoms with van der Waals surface area (Å²) in [7, 11) is 0. The molecule has 1 heterocycles. The molecule has 1 aliphatic rings. The van der Waals surface area contributed by atoms with E-state index in [0.29, 0.717) is 10.7 Å². The summed E-state index contributed by atoms with van der Waals surface area (Å²) in [6.07, 6.45) is 3.29. The van der Waals surface area contributed by atoms with Crippen molar-refractivity contribution in [3.63, 3.8) is 0 Å². The van der Waals surface area contributed by atoms with Crippen molar-refractivity contribution in [2.45, 2.75) is 38.6 Å². The molecule has 0 aromatic heterocycles. The van der Waals surface area contributed by atoms with E-state index in [2.05, 4.69) is 38.8 Å². The molecule has 1 fully saturated rings. The third-order valence-electron chi connectivity index (χ3n) is 9.09. The Bertz CT molecular complexity index is 1600. The summed E-state index contributed by atoms with van der Waals surface area (Å²) in [5, 5.41) is 50.2. The fourth-order valence-corrected chi connectivity index (χ4v) is 6.08. The van der Waals surface area contributed by atoms with E-state index >= 15 is 0 Å². The summed E-state index contributed by atoms with van der Waals surface area (Å²) in [5.74, 6) is -7.59. The Labute approximate surface area is 385 Å². The number of carboxylic acid groups (broad SMARTS) is 3. The molecule has 1 atom stereocenters. The van der Waals surface area contributed by atoms with E-state index in [-0.39, 0.29) is 98.0 Å². The van der Waals surface area contributed by atoms with Gasteiger partial charge in [0.1, 0.15) is 6.04 Å². The largest absolute Gasteiger partial charge is 3.00 e. The Balaban J connectivity index is 0.0000186. The van der Waals surface area contributed by atoms with Crippen LogP contribution in [0.2, 0.25) is 0 Å². The van der Waals surface area contributed by atoms with Crippen LogP contribution >= 0.6 is 12.2 Å². The molecule has 0 bridgehead atoms. The first kappa shape index (κ1) is 54.6. The van der Waals surface area contributed by atoms with Gasteiger partial charge >= 0.3 is 32.7 Å². The van der Waals surface area contributed by atoms with Crippen molar-refractivity contribution < 1.29 is 86.4 Å². The molecule has 5 amide bonds. The Morgan fingerprint density at radius 3 is 1.44 bits per heavy atom. The zero-order valence-electron chi connectivity index (χ0n) is 34.4. The number of nitrogens with zero attached hydrogens (tertiary/aromatic N) is 4. The van der Waals surface area contributed by atoms with Crippen molar-refractivity contribution in [2.24, 2.45) is 5.73 Å². The van der Waals surface area contributed by atoms with Crippen LogP contribution in [0.25, 0.3) is 0 Å². The maximum atomic E-state index is 12.8. The van der Waals surface area contributed by atoms with Crippen molar-refractivity contribution in [1.29, 1.82) is 0 Å². The molecular formula is C37H56N11O11SY. The Morgan fingerprint density at radius 2 is 1.03 bits per heavy atom. The number of nitrogens with one attached hydrogen (secondary N) is 6. The van der Waals surface area contributed by atoms with Crippen molar-refractivity contribution in [2.75, 3.05) is 110 Å². The zero-order chi connectivity index (χ0) is 44.5. The predicted octanol–water partition coefficient (Wildman–Crippen LogP) is -7.51. The number of hydrogen-bond acceptors (Lipinski definition) is 16. The number of hydrogen-bond donors (Lipinski definition) is 7. The fraction of sp³-hybridized carbons (Fsp3) is 0.595. The van der Waals surface area contributed by atoms with Crippen LogP contribution in [0.4, 0.5) is 5.69 Å². The number of carboxylic acids is 3. The molecule has 24 heteroatoms. The minimum absolute atomic E-state index is 0. The van der Waals surface area contributed by atoms with Gasteiger partial charge in [0.2, 0.25) is 29.5 Å². The number of thiocarbonyl (C=S) groups is 1. The average Bonchev–Trinajstić information content (AvgIpc) is 3.17. The van der Waals surface area contributed by atoms with E-state index in [1.165, 1.54) is 14.7 Å². The number of carbonyl (C=O) groups is 8. The first-order valence-electron chi connectivity index (χ1n) is 19.5. The van der Waals surface area contributed by atoms with Crippen LogP contribution in [0.3, 0.4) is 0 Å². The molecule has 1 aromatic carbocycles. The Kier molecular flexibility index (Phi) is 27.4. The van der Waals surface area contributed by atoms with Gasteiger partial charge in [-0.2, -0.15) is 0 Å². The SMILES string of the molecule is CCCCCNC(=S)Nc1ccc(CC(NC(=O)CNC(=O)CNC(=O)CNC(=O)CN2CCN(CC(=O)[O-])CCN(CC(=O)[O-])CCN(CC(=O)[O-])CC2)C(N)=O)cc1.[Y+3]. The minimum Gasteiger partial charge on any atom is -0.549 e. The molecule has 1 saturated heterocycles. The van der Waals surface area contributed by atoms with Crippen LogP contribution in [0.5, 0.6) is 0 Å². The molecule has 0 radical (unpaired) electrons. The third kappa shape index (κ3) is 25.9. The number of carbonyl (C=O) groups excluding carboxylic acids is 8. The predicted molar refractivity (Wildman–Crippen MR) is 215 cm³/mol. The van der Waals surface area contributed by atoms with Crippen LogP contribution in [0.1, 0.15) is 31.7 Å². The first-order valence-corrected chi connectivity index (χ1v) is 19.9. The average molecular weight is 952 g/mol. The topological polar surface area (TPSA) is 317 Å². The number of anilines is 1. The zero-order valence-corrected chi connectivity index (χ0v) is 38.0. The summed E-state index contributed by atoms with van der Waals surface area (Å²) in [6, 6.07) is 5.97. The van der Waals surface area contributed by atoms with Gasteiger partial charge < -0.3 is 67.3 Å².